The highest BCUT2D eigenvalue weighted by molar-refractivity contribution is 9.11. The summed E-state index contributed by atoms with van der Waals surface area (Å²) in [5.41, 5.74) is 7.16. The molecule has 0 radical (unpaired) electrons. The van der Waals surface area contributed by atoms with Gasteiger partial charge >= 0.3 is 0 Å². The molecule has 0 bridgehead atoms. The summed E-state index contributed by atoms with van der Waals surface area (Å²) >= 11 is 6.93. The molecule has 1 aromatic heterocycles. The molecule has 1 heterocycles. The Labute approximate surface area is 111 Å². The molecule has 4 heteroatoms. The molecule has 0 spiro atoms. The SMILES string of the molecule is Cc1ccc(C(N)c2cc(Br)ccc2Br)o1. The molecular formula is C12H11Br2NO. The molecule has 2 N–H and O–H groups in total. The second kappa shape index (κ2) is 4.73. The van der Waals surface area contributed by atoms with E-state index in [0.29, 0.717) is 0 Å². The zero-order chi connectivity index (χ0) is 11.7. The van der Waals surface area contributed by atoms with Crippen molar-refractivity contribution < 1.29 is 4.42 Å². The van der Waals surface area contributed by atoms with Crippen LogP contribution in [0.25, 0.3) is 0 Å². The lowest BCUT2D eigenvalue weighted by atomic mass is 10.1. The van der Waals surface area contributed by atoms with Crippen molar-refractivity contribution >= 4 is 31.9 Å². The van der Waals surface area contributed by atoms with Gasteiger partial charge in [0.15, 0.2) is 0 Å². The lowest BCUT2D eigenvalue weighted by Gasteiger charge is -2.11. The summed E-state index contributed by atoms with van der Waals surface area (Å²) in [7, 11) is 0. The lowest BCUT2D eigenvalue weighted by Crippen LogP contribution is -2.11. The molecule has 0 fully saturated rings. The Morgan fingerprint density at radius 2 is 1.94 bits per heavy atom. The minimum Gasteiger partial charge on any atom is -0.464 e. The fourth-order valence-corrected chi connectivity index (χ4v) is 2.40. The van der Waals surface area contributed by atoms with E-state index in [1.165, 1.54) is 0 Å². The van der Waals surface area contributed by atoms with Gasteiger partial charge in [-0.25, -0.2) is 0 Å². The first-order valence-corrected chi connectivity index (χ1v) is 6.43. The van der Waals surface area contributed by atoms with Crippen LogP contribution in [-0.4, -0.2) is 0 Å². The number of benzene rings is 1. The van der Waals surface area contributed by atoms with Gasteiger partial charge in [-0.2, -0.15) is 0 Å². The Morgan fingerprint density at radius 3 is 2.56 bits per heavy atom. The third-order valence-electron chi connectivity index (χ3n) is 2.36. The molecule has 0 aliphatic heterocycles. The highest BCUT2D eigenvalue weighted by Gasteiger charge is 2.15. The first kappa shape index (κ1) is 11.9. The highest BCUT2D eigenvalue weighted by atomic mass is 79.9. The van der Waals surface area contributed by atoms with Crippen LogP contribution in [-0.2, 0) is 0 Å². The molecule has 0 saturated heterocycles. The van der Waals surface area contributed by atoms with E-state index < -0.39 is 0 Å². The average Bonchev–Trinajstić information content (AvgIpc) is 2.67. The number of aryl methyl sites for hydroxylation is 1. The van der Waals surface area contributed by atoms with Gasteiger partial charge in [-0.05, 0) is 42.8 Å². The van der Waals surface area contributed by atoms with Gasteiger partial charge in [-0.3, -0.25) is 0 Å². The number of hydrogen-bond acceptors (Lipinski definition) is 2. The zero-order valence-electron chi connectivity index (χ0n) is 8.71. The minimum absolute atomic E-state index is 0.249. The number of furan rings is 1. The van der Waals surface area contributed by atoms with Crippen molar-refractivity contribution in [2.75, 3.05) is 0 Å². The van der Waals surface area contributed by atoms with Crippen molar-refractivity contribution in [1.82, 2.24) is 0 Å². The summed E-state index contributed by atoms with van der Waals surface area (Å²) in [6.45, 7) is 1.91. The second-order valence-corrected chi connectivity index (χ2v) is 5.36. The molecule has 1 atom stereocenters. The molecule has 0 aliphatic carbocycles. The van der Waals surface area contributed by atoms with Crippen molar-refractivity contribution in [3.8, 4) is 0 Å². The zero-order valence-corrected chi connectivity index (χ0v) is 11.9. The Kier molecular flexibility index (Phi) is 3.52. The molecule has 84 valence electrons. The molecular weight excluding hydrogens is 334 g/mol. The third kappa shape index (κ3) is 2.39. The average molecular weight is 345 g/mol. The van der Waals surface area contributed by atoms with E-state index in [1.807, 2.05) is 37.3 Å². The maximum atomic E-state index is 6.15. The molecule has 0 saturated carbocycles. The van der Waals surface area contributed by atoms with Crippen LogP contribution in [0.5, 0.6) is 0 Å². The van der Waals surface area contributed by atoms with Crippen LogP contribution >= 0.6 is 31.9 Å². The van der Waals surface area contributed by atoms with Crippen molar-refractivity contribution in [3.63, 3.8) is 0 Å². The van der Waals surface area contributed by atoms with Crippen LogP contribution in [0.1, 0.15) is 23.1 Å². The maximum Gasteiger partial charge on any atom is 0.125 e. The van der Waals surface area contributed by atoms with Crippen LogP contribution in [0.4, 0.5) is 0 Å². The number of nitrogens with two attached hydrogens (primary N) is 1. The molecule has 2 nitrogen and oxygen atoms in total. The van der Waals surface area contributed by atoms with E-state index in [9.17, 15) is 0 Å². The molecule has 2 rings (SSSR count). The van der Waals surface area contributed by atoms with Crippen LogP contribution in [0, 0.1) is 6.92 Å². The van der Waals surface area contributed by atoms with Crippen LogP contribution in [0.2, 0.25) is 0 Å². The second-order valence-electron chi connectivity index (χ2n) is 3.59. The lowest BCUT2D eigenvalue weighted by molar-refractivity contribution is 0.466. The molecule has 1 unspecified atom stereocenters. The number of hydrogen-bond donors (Lipinski definition) is 1. The van der Waals surface area contributed by atoms with Gasteiger partial charge in [0.25, 0.3) is 0 Å². The predicted molar refractivity (Wildman–Crippen MR) is 71.3 cm³/mol. The van der Waals surface area contributed by atoms with Crippen molar-refractivity contribution in [2.24, 2.45) is 5.73 Å². The summed E-state index contributed by atoms with van der Waals surface area (Å²) in [5, 5.41) is 0. The van der Waals surface area contributed by atoms with Crippen molar-refractivity contribution in [1.29, 1.82) is 0 Å². The Bertz CT molecular complexity index is 507. The summed E-state index contributed by atoms with van der Waals surface area (Å²) in [5.74, 6) is 1.65. The van der Waals surface area contributed by atoms with E-state index in [0.717, 1.165) is 26.0 Å². The van der Waals surface area contributed by atoms with Crippen LogP contribution < -0.4 is 5.73 Å². The number of halogens is 2. The van der Waals surface area contributed by atoms with Gasteiger partial charge in [-0.15, -0.1) is 0 Å². The minimum atomic E-state index is -0.249. The Balaban J connectivity index is 2.40. The predicted octanol–water partition coefficient (Wildman–Crippen LogP) is 4.16. The van der Waals surface area contributed by atoms with Gasteiger partial charge < -0.3 is 10.2 Å². The molecule has 2 aromatic rings. The Hall–Kier alpha value is -0.580. The van der Waals surface area contributed by atoms with Gasteiger partial charge in [0.1, 0.15) is 11.5 Å². The Morgan fingerprint density at radius 1 is 1.19 bits per heavy atom. The van der Waals surface area contributed by atoms with Crippen molar-refractivity contribution in [3.05, 3.63) is 56.4 Å². The molecule has 0 amide bonds. The van der Waals surface area contributed by atoms with E-state index in [2.05, 4.69) is 31.9 Å². The topological polar surface area (TPSA) is 39.2 Å². The fraction of sp³-hybridized carbons (Fsp3) is 0.167. The van der Waals surface area contributed by atoms with Crippen LogP contribution in [0.15, 0.2) is 43.7 Å². The summed E-state index contributed by atoms with van der Waals surface area (Å²) in [6, 6.07) is 9.50. The number of rotatable bonds is 2. The van der Waals surface area contributed by atoms with E-state index in [-0.39, 0.29) is 6.04 Å². The molecule has 0 aliphatic rings. The standard InChI is InChI=1S/C12H11Br2NO/c1-7-2-5-11(16-7)12(15)9-6-8(13)3-4-10(9)14/h2-6,12H,15H2,1H3. The van der Waals surface area contributed by atoms with Gasteiger partial charge in [0, 0.05) is 8.95 Å². The fourth-order valence-electron chi connectivity index (χ4n) is 1.53. The molecule has 1 aromatic carbocycles. The largest absolute Gasteiger partial charge is 0.464 e. The monoisotopic (exact) mass is 343 g/mol. The molecule has 16 heavy (non-hydrogen) atoms. The van der Waals surface area contributed by atoms with Gasteiger partial charge in [0.05, 0.1) is 6.04 Å². The van der Waals surface area contributed by atoms with Crippen LogP contribution in [0.3, 0.4) is 0 Å². The van der Waals surface area contributed by atoms with E-state index in [4.69, 9.17) is 10.2 Å². The smallest absolute Gasteiger partial charge is 0.125 e. The van der Waals surface area contributed by atoms with E-state index >= 15 is 0 Å². The van der Waals surface area contributed by atoms with Gasteiger partial charge in [0.2, 0.25) is 0 Å². The first-order chi connectivity index (χ1) is 7.58. The maximum absolute atomic E-state index is 6.15. The first-order valence-electron chi connectivity index (χ1n) is 4.85. The summed E-state index contributed by atoms with van der Waals surface area (Å²) in [4.78, 5) is 0. The summed E-state index contributed by atoms with van der Waals surface area (Å²) in [6.07, 6.45) is 0. The van der Waals surface area contributed by atoms with Gasteiger partial charge in [-0.1, -0.05) is 31.9 Å². The quantitative estimate of drug-likeness (QED) is 0.888. The summed E-state index contributed by atoms with van der Waals surface area (Å²) < 4.78 is 7.52. The van der Waals surface area contributed by atoms with E-state index in [1.54, 1.807) is 0 Å². The normalized spacial score (nSPS) is 12.8. The van der Waals surface area contributed by atoms with Crippen molar-refractivity contribution in [2.45, 2.75) is 13.0 Å². The third-order valence-corrected chi connectivity index (χ3v) is 3.58. The highest BCUT2D eigenvalue weighted by Crippen LogP contribution is 2.30.